The number of aryl methyl sites for hydroxylation is 1. The number of alkyl halides is 3. The molecule has 0 saturated heterocycles. The molecule has 0 unspecified atom stereocenters. The molecular formula is C19H19F3N2OS. The molecule has 2 saturated carbocycles. The van der Waals surface area contributed by atoms with E-state index in [2.05, 4.69) is 4.98 Å². The fourth-order valence-electron chi connectivity index (χ4n) is 3.01. The van der Waals surface area contributed by atoms with Crippen molar-refractivity contribution in [1.82, 2.24) is 9.88 Å². The Hall–Kier alpha value is -1.89. The smallest absolute Gasteiger partial charge is 0.335 e. The SMILES string of the molecule is Cc1nc(-c2ccc(C(F)(F)F)cc2)sc1C(=O)N(CC1CC1)C1CC1. The molecule has 2 fully saturated rings. The molecule has 2 aromatic rings. The molecule has 1 aromatic heterocycles. The Morgan fingerprint density at radius 2 is 1.85 bits per heavy atom. The number of rotatable bonds is 5. The molecule has 0 bridgehead atoms. The van der Waals surface area contributed by atoms with Crippen LogP contribution in [-0.2, 0) is 6.18 Å². The Labute approximate surface area is 153 Å². The van der Waals surface area contributed by atoms with E-state index in [4.69, 9.17) is 0 Å². The van der Waals surface area contributed by atoms with Crippen molar-refractivity contribution in [2.45, 2.75) is 44.8 Å². The molecular weight excluding hydrogens is 361 g/mol. The number of hydrogen-bond donors (Lipinski definition) is 0. The van der Waals surface area contributed by atoms with Crippen LogP contribution in [0, 0.1) is 12.8 Å². The topological polar surface area (TPSA) is 33.2 Å². The van der Waals surface area contributed by atoms with Crippen LogP contribution < -0.4 is 0 Å². The molecule has 0 aliphatic heterocycles. The van der Waals surface area contributed by atoms with Gasteiger partial charge in [-0.25, -0.2) is 4.98 Å². The van der Waals surface area contributed by atoms with E-state index in [0.717, 1.165) is 31.5 Å². The van der Waals surface area contributed by atoms with E-state index in [9.17, 15) is 18.0 Å². The van der Waals surface area contributed by atoms with E-state index in [1.807, 2.05) is 4.90 Å². The van der Waals surface area contributed by atoms with Crippen LogP contribution in [-0.4, -0.2) is 28.4 Å². The zero-order chi connectivity index (χ0) is 18.5. The van der Waals surface area contributed by atoms with Gasteiger partial charge in [-0.15, -0.1) is 11.3 Å². The maximum Gasteiger partial charge on any atom is 0.416 e. The molecule has 3 nitrogen and oxygen atoms in total. The van der Waals surface area contributed by atoms with Crippen molar-refractivity contribution in [3.8, 4) is 10.6 Å². The van der Waals surface area contributed by atoms with Gasteiger partial charge in [-0.05, 0) is 50.7 Å². The second-order valence-electron chi connectivity index (χ2n) is 7.14. The number of thiazole rings is 1. The van der Waals surface area contributed by atoms with E-state index >= 15 is 0 Å². The van der Waals surface area contributed by atoms with E-state index < -0.39 is 11.7 Å². The second kappa shape index (κ2) is 6.37. The minimum Gasteiger partial charge on any atom is -0.335 e. The van der Waals surface area contributed by atoms with Crippen LogP contribution in [0.15, 0.2) is 24.3 Å². The summed E-state index contributed by atoms with van der Waals surface area (Å²) in [6, 6.07) is 5.28. The second-order valence-corrected chi connectivity index (χ2v) is 8.14. The number of carbonyl (C=O) groups excluding carboxylic acids is 1. The van der Waals surface area contributed by atoms with Crippen molar-refractivity contribution in [1.29, 1.82) is 0 Å². The summed E-state index contributed by atoms with van der Waals surface area (Å²) in [5.41, 5.74) is 0.567. The summed E-state index contributed by atoms with van der Waals surface area (Å²) in [5.74, 6) is 0.648. The van der Waals surface area contributed by atoms with Gasteiger partial charge in [0, 0.05) is 18.2 Å². The van der Waals surface area contributed by atoms with E-state index in [0.29, 0.717) is 33.1 Å². The van der Waals surface area contributed by atoms with E-state index in [-0.39, 0.29) is 5.91 Å². The highest BCUT2D eigenvalue weighted by atomic mass is 32.1. The normalized spacial score (nSPS) is 17.4. The minimum absolute atomic E-state index is 0.0209. The molecule has 2 aliphatic carbocycles. The van der Waals surface area contributed by atoms with Gasteiger partial charge in [0.25, 0.3) is 5.91 Å². The van der Waals surface area contributed by atoms with Crippen molar-refractivity contribution >= 4 is 17.2 Å². The van der Waals surface area contributed by atoms with Crippen LogP contribution >= 0.6 is 11.3 Å². The van der Waals surface area contributed by atoms with Crippen molar-refractivity contribution in [2.24, 2.45) is 5.92 Å². The van der Waals surface area contributed by atoms with Crippen LogP contribution in [0.1, 0.15) is 46.6 Å². The lowest BCUT2D eigenvalue weighted by Crippen LogP contribution is -2.34. The number of amides is 1. The number of nitrogens with zero attached hydrogens (tertiary/aromatic N) is 2. The summed E-state index contributed by atoms with van der Waals surface area (Å²) in [6.45, 7) is 2.61. The highest BCUT2D eigenvalue weighted by Gasteiger charge is 2.38. The highest BCUT2D eigenvalue weighted by molar-refractivity contribution is 7.17. The lowest BCUT2D eigenvalue weighted by molar-refractivity contribution is -0.137. The van der Waals surface area contributed by atoms with E-state index in [1.165, 1.54) is 36.3 Å². The molecule has 26 heavy (non-hydrogen) atoms. The summed E-state index contributed by atoms with van der Waals surface area (Å²) < 4.78 is 38.1. The molecule has 0 N–H and O–H groups in total. The summed E-state index contributed by atoms with van der Waals surface area (Å²) in [6.07, 6.45) is 0.139. The van der Waals surface area contributed by atoms with Crippen LogP contribution in [0.25, 0.3) is 10.6 Å². The number of aromatic nitrogens is 1. The first kappa shape index (κ1) is 17.5. The van der Waals surface area contributed by atoms with E-state index in [1.54, 1.807) is 6.92 Å². The average molecular weight is 380 g/mol. The van der Waals surface area contributed by atoms with Gasteiger partial charge in [-0.2, -0.15) is 13.2 Å². The van der Waals surface area contributed by atoms with Gasteiger partial charge in [0.15, 0.2) is 0 Å². The summed E-state index contributed by atoms with van der Waals surface area (Å²) >= 11 is 1.27. The van der Waals surface area contributed by atoms with Crippen molar-refractivity contribution in [3.63, 3.8) is 0 Å². The molecule has 0 radical (unpaired) electrons. The minimum atomic E-state index is -4.36. The number of carbonyl (C=O) groups is 1. The Morgan fingerprint density at radius 1 is 1.19 bits per heavy atom. The zero-order valence-corrected chi connectivity index (χ0v) is 15.2. The maximum atomic E-state index is 13.0. The predicted octanol–water partition coefficient (Wildman–Crippen LogP) is 5.15. The standard InChI is InChI=1S/C19H19F3N2OS/c1-11-16(18(25)24(15-8-9-15)10-12-2-3-12)26-17(23-11)13-4-6-14(7-5-13)19(20,21)22/h4-7,12,15H,2-3,8-10H2,1H3. The lowest BCUT2D eigenvalue weighted by Gasteiger charge is -2.21. The summed E-state index contributed by atoms with van der Waals surface area (Å²) in [7, 11) is 0. The molecule has 1 aromatic carbocycles. The monoisotopic (exact) mass is 380 g/mol. The third-order valence-electron chi connectivity index (χ3n) is 4.85. The van der Waals surface area contributed by atoms with Crippen LogP contribution in [0.3, 0.4) is 0 Å². The Kier molecular flexibility index (Phi) is 4.29. The third-order valence-corrected chi connectivity index (χ3v) is 6.04. The van der Waals surface area contributed by atoms with Gasteiger partial charge in [-0.1, -0.05) is 12.1 Å². The van der Waals surface area contributed by atoms with Gasteiger partial charge in [0.2, 0.25) is 0 Å². The first-order valence-corrected chi connectivity index (χ1v) is 9.60. The lowest BCUT2D eigenvalue weighted by atomic mass is 10.1. The third kappa shape index (κ3) is 3.63. The largest absolute Gasteiger partial charge is 0.416 e. The molecule has 1 amide bonds. The van der Waals surface area contributed by atoms with Gasteiger partial charge < -0.3 is 4.90 Å². The van der Waals surface area contributed by atoms with Crippen LogP contribution in [0.5, 0.6) is 0 Å². The Bertz CT molecular complexity index is 820. The number of benzene rings is 1. The predicted molar refractivity (Wildman–Crippen MR) is 94.1 cm³/mol. The molecule has 7 heteroatoms. The van der Waals surface area contributed by atoms with Gasteiger partial charge in [-0.3, -0.25) is 4.79 Å². The molecule has 4 rings (SSSR count). The first-order valence-electron chi connectivity index (χ1n) is 8.79. The molecule has 1 heterocycles. The maximum absolute atomic E-state index is 13.0. The molecule has 0 atom stereocenters. The fraction of sp³-hybridized carbons (Fsp3) is 0.474. The molecule has 138 valence electrons. The molecule has 0 spiro atoms. The average Bonchev–Trinajstić information content (AvgIpc) is 3.50. The zero-order valence-electron chi connectivity index (χ0n) is 14.3. The van der Waals surface area contributed by atoms with Crippen LogP contribution in [0.2, 0.25) is 0 Å². The number of halogens is 3. The van der Waals surface area contributed by atoms with Gasteiger partial charge in [0.05, 0.1) is 11.3 Å². The van der Waals surface area contributed by atoms with Crippen LogP contribution in [0.4, 0.5) is 13.2 Å². The summed E-state index contributed by atoms with van der Waals surface area (Å²) in [4.78, 5) is 20.0. The van der Waals surface area contributed by atoms with Gasteiger partial charge >= 0.3 is 6.18 Å². The van der Waals surface area contributed by atoms with Gasteiger partial charge in [0.1, 0.15) is 9.88 Å². The molecule has 2 aliphatic rings. The fourth-order valence-corrected chi connectivity index (χ4v) is 4.04. The summed E-state index contributed by atoms with van der Waals surface area (Å²) in [5, 5.41) is 0.585. The quantitative estimate of drug-likeness (QED) is 0.719. The van der Waals surface area contributed by atoms with Crippen molar-refractivity contribution in [3.05, 3.63) is 40.4 Å². The Balaban J connectivity index is 1.57. The highest BCUT2D eigenvalue weighted by Crippen LogP contribution is 2.38. The van der Waals surface area contributed by atoms with Crippen molar-refractivity contribution < 1.29 is 18.0 Å². The van der Waals surface area contributed by atoms with Crippen molar-refractivity contribution in [2.75, 3.05) is 6.54 Å². The Morgan fingerprint density at radius 3 is 2.38 bits per heavy atom. The number of hydrogen-bond acceptors (Lipinski definition) is 3. The first-order chi connectivity index (χ1) is 12.3.